The molecular formula is C13H19NO. The van der Waals surface area contributed by atoms with Gasteiger partial charge in [0, 0.05) is 12.1 Å². The minimum atomic E-state index is 0.0425. The molecule has 1 rings (SSSR count). The van der Waals surface area contributed by atoms with Crippen molar-refractivity contribution in [3.8, 4) is 0 Å². The van der Waals surface area contributed by atoms with Gasteiger partial charge < -0.3 is 5.32 Å². The lowest BCUT2D eigenvalue weighted by Gasteiger charge is -2.07. The Bertz CT molecular complexity index is 344. The lowest BCUT2D eigenvalue weighted by Crippen LogP contribution is -2.25. The van der Waals surface area contributed by atoms with Gasteiger partial charge in [0.15, 0.2) is 0 Å². The molecule has 0 spiro atoms. The van der Waals surface area contributed by atoms with Crippen LogP contribution in [-0.4, -0.2) is 12.5 Å². The van der Waals surface area contributed by atoms with E-state index in [0.29, 0.717) is 0 Å². The van der Waals surface area contributed by atoms with Crippen molar-refractivity contribution in [1.82, 2.24) is 5.32 Å². The van der Waals surface area contributed by atoms with Crippen LogP contribution in [-0.2, 0) is 0 Å². The van der Waals surface area contributed by atoms with Crippen molar-refractivity contribution in [2.45, 2.75) is 33.6 Å². The average Bonchev–Trinajstić information content (AvgIpc) is 2.17. The number of unbranched alkanes of at least 4 members (excludes halogenated alkanes) is 1. The van der Waals surface area contributed by atoms with E-state index in [2.05, 4.69) is 12.2 Å². The van der Waals surface area contributed by atoms with Crippen LogP contribution in [0.3, 0.4) is 0 Å². The van der Waals surface area contributed by atoms with Crippen LogP contribution in [0.5, 0.6) is 0 Å². The molecule has 2 nitrogen and oxygen atoms in total. The Morgan fingerprint density at radius 1 is 1.33 bits per heavy atom. The third kappa shape index (κ3) is 3.39. The molecular weight excluding hydrogens is 186 g/mol. The largest absolute Gasteiger partial charge is 0.352 e. The van der Waals surface area contributed by atoms with E-state index in [9.17, 15) is 4.79 Å². The predicted octanol–water partition coefficient (Wildman–Crippen LogP) is 2.83. The second kappa shape index (κ2) is 5.54. The quantitative estimate of drug-likeness (QED) is 0.752. The van der Waals surface area contributed by atoms with E-state index in [1.54, 1.807) is 0 Å². The summed E-state index contributed by atoms with van der Waals surface area (Å²) in [6.45, 7) is 6.89. The van der Waals surface area contributed by atoms with Gasteiger partial charge in [0.25, 0.3) is 5.91 Å². The van der Waals surface area contributed by atoms with Crippen LogP contribution in [0.25, 0.3) is 0 Å². The van der Waals surface area contributed by atoms with Gasteiger partial charge in [-0.15, -0.1) is 0 Å². The maximum Gasteiger partial charge on any atom is 0.251 e. The Morgan fingerprint density at radius 2 is 2.07 bits per heavy atom. The number of aryl methyl sites for hydroxylation is 2. The molecule has 1 aromatic carbocycles. The van der Waals surface area contributed by atoms with Gasteiger partial charge >= 0.3 is 0 Å². The molecule has 0 fully saturated rings. The first-order chi connectivity index (χ1) is 7.15. The summed E-state index contributed by atoms with van der Waals surface area (Å²) < 4.78 is 0. The number of carbonyl (C=O) groups is 1. The first-order valence-corrected chi connectivity index (χ1v) is 5.50. The van der Waals surface area contributed by atoms with E-state index in [4.69, 9.17) is 0 Å². The summed E-state index contributed by atoms with van der Waals surface area (Å²) in [6, 6.07) is 5.91. The lowest BCUT2D eigenvalue weighted by molar-refractivity contribution is 0.0952. The molecule has 0 heterocycles. The standard InChI is InChI=1S/C13H19NO/c1-4-5-8-14-13(15)12-7-6-10(2)9-11(12)3/h6-7,9H,4-5,8H2,1-3H3,(H,14,15). The highest BCUT2D eigenvalue weighted by Crippen LogP contribution is 2.10. The van der Waals surface area contributed by atoms with Crippen LogP contribution < -0.4 is 5.32 Å². The van der Waals surface area contributed by atoms with Gasteiger partial charge in [-0.05, 0) is 31.9 Å². The molecule has 0 saturated carbocycles. The van der Waals surface area contributed by atoms with Gasteiger partial charge in [0.1, 0.15) is 0 Å². The van der Waals surface area contributed by atoms with Crippen molar-refractivity contribution in [2.75, 3.05) is 6.54 Å². The van der Waals surface area contributed by atoms with E-state index in [0.717, 1.165) is 30.5 Å². The van der Waals surface area contributed by atoms with Crippen molar-refractivity contribution in [3.05, 3.63) is 34.9 Å². The maximum atomic E-state index is 11.7. The van der Waals surface area contributed by atoms with E-state index in [1.165, 1.54) is 5.56 Å². The Hall–Kier alpha value is -1.31. The molecule has 0 atom stereocenters. The minimum absolute atomic E-state index is 0.0425. The van der Waals surface area contributed by atoms with Crippen molar-refractivity contribution in [1.29, 1.82) is 0 Å². The summed E-state index contributed by atoms with van der Waals surface area (Å²) in [5.74, 6) is 0.0425. The molecule has 1 N–H and O–H groups in total. The van der Waals surface area contributed by atoms with E-state index in [1.807, 2.05) is 32.0 Å². The third-order valence-electron chi connectivity index (χ3n) is 2.44. The molecule has 0 aliphatic carbocycles. The van der Waals surface area contributed by atoms with Crippen LogP contribution in [0.1, 0.15) is 41.3 Å². The Morgan fingerprint density at radius 3 is 2.67 bits per heavy atom. The normalized spacial score (nSPS) is 10.1. The lowest BCUT2D eigenvalue weighted by atomic mass is 10.1. The van der Waals surface area contributed by atoms with Gasteiger partial charge in [-0.25, -0.2) is 0 Å². The van der Waals surface area contributed by atoms with Gasteiger partial charge in [0.05, 0.1) is 0 Å². The van der Waals surface area contributed by atoms with E-state index >= 15 is 0 Å². The molecule has 0 aliphatic heterocycles. The zero-order valence-electron chi connectivity index (χ0n) is 9.76. The third-order valence-corrected chi connectivity index (χ3v) is 2.44. The van der Waals surface area contributed by atoms with Gasteiger partial charge in [-0.3, -0.25) is 4.79 Å². The Kier molecular flexibility index (Phi) is 4.35. The van der Waals surface area contributed by atoms with E-state index in [-0.39, 0.29) is 5.91 Å². The molecule has 0 aliphatic rings. The van der Waals surface area contributed by atoms with Crippen molar-refractivity contribution in [3.63, 3.8) is 0 Å². The van der Waals surface area contributed by atoms with Crippen molar-refractivity contribution in [2.24, 2.45) is 0 Å². The number of hydrogen-bond donors (Lipinski definition) is 1. The van der Waals surface area contributed by atoms with Crippen LogP contribution in [0.2, 0.25) is 0 Å². The topological polar surface area (TPSA) is 29.1 Å². The first kappa shape index (κ1) is 11.8. The number of hydrogen-bond acceptors (Lipinski definition) is 1. The zero-order valence-corrected chi connectivity index (χ0v) is 9.76. The SMILES string of the molecule is CCCCNC(=O)c1ccc(C)cc1C. The molecule has 1 aromatic rings. The van der Waals surface area contributed by atoms with Gasteiger partial charge in [-0.2, -0.15) is 0 Å². The molecule has 82 valence electrons. The fraction of sp³-hybridized carbons (Fsp3) is 0.462. The molecule has 0 radical (unpaired) electrons. The Balaban J connectivity index is 2.65. The van der Waals surface area contributed by atoms with Gasteiger partial charge in [-0.1, -0.05) is 31.0 Å². The summed E-state index contributed by atoms with van der Waals surface area (Å²) in [4.78, 5) is 11.7. The molecule has 0 bridgehead atoms. The van der Waals surface area contributed by atoms with Crippen molar-refractivity contribution >= 4 is 5.91 Å². The van der Waals surface area contributed by atoms with Gasteiger partial charge in [0.2, 0.25) is 0 Å². The van der Waals surface area contributed by atoms with Crippen molar-refractivity contribution < 1.29 is 4.79 Å². The smallest absolute Gasteiger partial charge is 0.251 e. The molecule has 15 heavy (non-hydrogen) atoms. The summed E-state index contributed by atoms with van der Waals surface area (Å²) in [5.41, 5.74) is 3.03. The molecule has 1 amide bonds. The van der Waals surface area contributed by atoms with Crippen LogP contribution in [0.4, 0.5) is 0 Å². The number of benzene rings is 1. The van der Waals surface area contributed by atoms with E-state index < -0.39 is 0 Å². The monoisotopic (exact) mass is 205 g/mol. The zero-order chi connectivity index (χ0) is 11.3. The molecule has 0 unspecified atom stereocenters. The highest BCUT2D eigenvalue weighted by Gasteiger charge is 2.07. The van der Waals surface area contributed by atoms with Crippen LogP contribution in [0, 0.1) is 13.8 Å². The number of nitrogens with one attached hydrogen (secondary N) is 1. The minimum Gasteiger partial charge on any atom is -0.352 e. The Labute approximate surface area is 91.7 Å². The average molecular weight is 205 g/mol. The number of rotatable bonds is 4. The second-order valence-corrected chi connectivity index (χ2v) is 3.93. The molecule has 2 heteroatoms. The second-order valence-electron chi connectivity index (χ2n) is 3.93. The summed E-state index contributed by atoms with van der Waals surface area (Å²) >= 11 is 0. The molecule has 0 aromatic heterocycles. The summed E-state index contributed by atoms with van der Waals surface area (Å²) in [5, 5.41) is 2.92. The molecule has 0 saturated heterocycles. The number of amides is 1. The van der Waals surface area contributed by atoms with Crippen LogP contribution >= 0.6 is 0 Å². The number of carbonyl (C=O) groups excluding carboxylic acids is 1. The maximum absolute atomic E-state index is 11.7. The highest BCUT2D eigenvalue weighted by atomic mass is 16.1. The summed E-state index contributed by atoms with van der Waals surface area (Å²) in [6.07, 6.45) is 2.14. The predicted molar refractivity (Wildman–Crippen MR) is 63.2 cm³/mol. The first-order valence-electron chi connectivity index (χ1n) is 5.50. The fourth-order valence-electron chi connectivity index (χ4n) is 1.54. The fourth-order valence-corrected chi connectivity index (χ4v) is 1.54. The highest BCUT2D eigenvalue weighted by molar-refractivity contribution is 5.95. The summed E-state index contributed by atoms with van der Waals surface area (Å²) in [7, 11) is 0. The van der Waals surface area contributed by atoms with Crippen LogP contribution in [0.15, 0.2) is 18.2 Å².